The van der Waals surface area contributed by atoms with Crippen molar-refractivity contribution >= 4 is 5.97 Å². The topological polar surface area (TPSA) is 55.8 Å². The zero-order valence-corrected chi connectivity index (χ0v) is 11.4. The molecule has 4 heteroatoms. The first kappa shape index (κ1) is 14.6. The van der Waals surface area contributed by atoms with Crippen LogP contribution >= 0.6 is 0 Å². The van der Waals surface area contributed by atoms with Crippen LogP contribution in [0, 0.1) is 5.92 Å². The van der Waals surface area contributed by atoms with E-state index in [1.54, 1.807) is 24.3 Å². The van der Waals surface area contributed by atoms with Crippen molar-refractivity contribution in [2.24, 2.45) is 5.92 Å². The van der Waals surface area contributed by atoms with Gasteiger partial charge in [-0.25, -0.2) is 4.79 Å². The van der Waals surface area contributed by atoms with E-state index in [4.69, 9.17) is 9.47 Å². The first-order valence-corrected chi connectivity index (χ1v) is 6.87. The molecular weight excluding hydrogens is 256 g/mol. The predicted octanol–water partition coefficient (Wildman–Crippen LogP) is 2.53. The number of rotatable bonds is 5. The molecule has 108 valence electrons. The second-order valence-electron chi connectivity index (χ2n) is 5.06. The van der Waals surface area contributed by atoms with Gasteiger partial charge in [0, 0.05) is 0 Å². The molecule has 1 aromatic rings. The Bertz CT molecular complexity index is 443. The summed E-state index contributed by atoms with van der Waals surface area (Å²) in [6.45, 7) is 4.05. The molecule has 1 fully saturated rings. The van der Waals surface area contributed by atoms with Gasteiger partial charge in [0.05, 0.1) is 24.5 Å². The molecule has 1 aromatic carbocycles. The van der Waals surface area contributed by atoms with Crippen LogP contribution in [0.4, 0.5) is 0 Å². The predicted molar refractivity (Wildman–Crippen MR) is 75.1 cm³/mol. The molecule has 3 atom stereocenters. The Kier molecular flexibility index (Phi) is 5.18. The van der Waals surface area contributed by atoms with Crippen molar-refractivity contribution in [3.8, 4) is 0 Å². The van der Waals surface area contributed by atoms with E-state index in [1.807, 2.05) is 6.07 Å². The molecule has 1 aliphatic rings. The molecule has 2 rings (SSSR count). The Morgan fingerprint density at radius 3 is 2.75 bits per heavy atom. The van der Waals surface area contributed by atoms with Gasteiger partial charge in [0.25, 0.3) is 0 Å². The van der Waals surface area contributed by atoms with Crippen LogP contribution in [-0.2, 0) is 9.47 Å². The molecular formula is C16H20O4. The van der Waals surface area contributed by atoms with Gasteiger partial charge in [-0.15, -0.1) is 0 Å². The highest BCUT2D eigenvalue weighted by Gasteiger charge is 2.32. The van der Waals surface area contributed by atoms with Crippen LogP contribution in [0.2, 0.25) is 0 Å². The van der Waals surface area contributed by atoms with E-state index in [9.17, 15) is 9.90 Å². The van der Waals surface area contributed by atoms with Crippen LogP contribution in [0.5, 0.6) is 0 Å². The Morgan fingerprint density at radius 2 is 2.10 bits per heavy atom. The van der Waals surface area contributed by atoms with Crippen LogP contribution in [0.25, 0.3) is 0 Å². The minimum absolute atomic E-state index is 0.287. The number of hydrogen-bond donors (Lipinski definition) is 1. The number of esters is 1. The zero-order valence-electron chi connectivity index (χ0n) is 11.4. The van der Waals surface area contributed by atoms with E-state index < -0.39 is 12.2 Å². The highest BCUT2D eigenvalue weighted by atomic mass is 16.6. The average Bonchev–Trinajstić information content (AvgIpc) is 2.48. The minimum Gasteiger partial charge on any atom is -0.502 e. The van der Waals surface area contributed by atoms with Gasteiger partial charge >= 0.3 is 5.97 Å². The lowest BCUT2D eigenvalue weighted by atomic mass is 9.86. The average molecular weight is 276 g/mol. The molecule has 0 radical (unpaired) electrons. The Balaban J connectivity index is 1.85. The SMILES string of the molecule is C=COCC1CCC(OC(=O)c2ccccc2)C(O)C1. The highest BCUT2D eigenvalue weighted by Crippen LogP contribution is 2.27. The number of carbonyl (C=O) groups is 1. The van der Waals surface area contributed by atoms with Crippen molar-refractivity contribution in [2.45, 2.75) is 31.5 Å². The van der Waals surface area contributed by atoms with Crippen LogP contribution in [-0.4, -0.2) is 29.9 Å². The maximum atomic E-state index is 11.9. The summed E-state index contributed by atoms with van der Waals surface area (Å²) in [6, 6.07) is 8.83. The van der Waals surface area contributed by atoms with E-state index in [0.29, 0.717) is 25.0 Å². The van der Waals surface area contributed by atoms with Crippen molar-refractivity contribution in [1.29, 1.82) is 0 Å². The molecule has 4 nitrogen and oxygen atoms in total. The third-order valence-corrected chi connectivity index (χ3v) is 3.58. The summed E-state index contributed by atoms with van der Waals surface area (Å²) in [4.78, 5) is 11.9. The van der Waals surface area contributed by atoms with E-state index in [0.717, 1.165) is 6.42 Å². The summed E-state index contributed by atoms with van der Waals surface area (Å²) in [7, 11) is 0. The van der Waals surface area contributed by atoms with E-state index in [2.05, 4.69) is 6.58 Å². The van der Waals surface area contributed by atoms with Crippen molar-refractivity contribution in [3.63, 3.8) is 0 Å². The van der Waals surface area contributed by atoms with Gasteiger partial charge in [-0.1, -0.05) is 24.8 Å². The number of aliphatic hydroxyl groups is 1. The Labute approximate surface area is 119 Å². The van der Waals surface area contributed by atoms with Crippen molar-refractivity contribution in [1.82, 2.24) is 0 Å². The summed E-state index contributed by atoms with van der Waals surface area (Å²) in [5, 5.41) is 10.1. The second-order valence-corrected chi connectivity index (χ2v) is 5.06. The number of benzene rings is 1. The maximum absolute atomic E-state index is 11.9. The third-order valence-electron chi connectivity index (χ3n) is 3.58. The molecule has 0 aliphatic heterocycles. The first-order chi connectivity index (χ1) is 9.70. The van der Waals surface area contributed by atoms with Gasteiger partial charge in [-0.05, 0) is 37.3 Å². The quantitative estimate of drug-likeness (QED) is 0.663. The molecule has 1 aliphatic carbocycles. The van der Waals surface area contributed by atoms with Crippen LogP contribution in [0.3, 0.4) is 0 Å². The molecule has 1 N–H and O–H groups in total. The lowest BCUT2D eigenvalue weighted by Gasteiger charge is -2.32. The molecule has 0 heterocycles. The molecule has 0 amide bonds. The van der Waals surface area contributed by atoms with Crippen LogP contribution in [0.1, 0.15) is 29.6 Å². The fraction of sp³-hybridized carbons (Fsp3) is 0.438. The number of hydrogen-bond acceptors (Lipinski definition) is 4. The summed E-state index contributed by atoms with van der Waals surface area (Å²) in [5.41, 5.74) is 0.511. The van der Waals surface area contributed by atoms with E-state index in [-0.39, 0.29) is 11.9 Å². The molecule has 0 saturated heterocycles. The monoisotopic (exact) mass is 276 g/mol. The lowest BCUT2D eigenvalue weighted by molar-refractivity contribution is -0.0528. The highest BCUT2D eigenvalue weighted by molar-refractivity contribution is 5.89. The largest absolute Gasteiger partial charge is 0.502 e. The second kappa shape index (κ2) is 7.10. The number of aliphatic hydroxyl groups excluding tert-OH is 1. The van der Waals surface area contributed by atoms with Crippen molar-refractivity contribution in [2.75, 3.05) is 6.61 Å². The van der Waals surface area contributed by atoms with Gasteiger partial charge in [-0.2, -0.15) is 0 Å². The first-order valence-electron chi connectivity index (χ1n) is 6.87. The van der Waals surface area contributed by atoms with Crippen molar-refractivity contribution < 1.29 is 19.4 Å². The molecule has 0 bridgehead atoms. The fourth-order valence-corrected chi connectivity index (χ4v) is 2.48. The van der Waals surface area contributed by atoms with Crippen LogP contribution < -0.4 is 0 Å². The van der Waals surface area contributed by atoms with Crippen molar-refractivity contribution in [3.05, 3.63) is 48.7 Å². The standard InChI is InChI=1S/C16H20O4/c1-2-19-11-12-8-9-15(14(17)10-12)20-16(18)13-6-4-3-5-7-13/h2-7,12,14-15,17H,1,8-11H2. The molecule has 3 unspecified atom stereocenters. The smallest absolute Gasteiger partial charge is 0.338 e. The zero-order chi connectivity index (χ0) is 14.4. The Morgan fingerprint density at radius 1 is 1.35 bits per heavy atom. The summed E-state index contributed by atoms with van der Waals surface area (Å²) in [6.07, 6.45) is 2.47. The van der Waals surface area contributed by atoms with Gasteiger partial charge < -0.3 is 14.6 Å². The van der Waals surface area contributed by atoms with E-state index in [1.165, 1.54) is 6.26 Å². The minimum atomic E-state index is -0.630. The van der Waals surface area contributed by atoms with E-state index >= 15 is 0 Å². The maximum Gasteiger partial charge on any atom is 0.338 e. The van der Waals surface area contributed by atoms with Gasteiger partial charge in [-0.3, -0.25) is 0 Å². The van der Waals surface area contributed by atoms with Gasteiger partial charge in [0.2, 0.25) is 0 Å². The Hall–Kier alpha value is -1.81. The van der Waals surface area contributed by atoms with Crippen LogP contribution in [0.15, 0.2) is 43.2 Å². The molecule has 0 aromatic heterocycles. The third kappa shape index (κ3) is 3.84. The van der Waals surface area contributed by atoms with Gasteiger partial charge in [0.15, 0.2) is 0 Å². The molecule has 1 saturated carbocycles. The fourth-order valence-electron chi connectivity index (χ4n) is 2.48. The van der Waals surface area contributed by atoms with Gasteiger partial charge in [0.1, 0.15) is 6.10 Å². The molecule has 20 heavy (non-hydrogen) atoms. The molecule has 0 spiro atoms. The summed E-state index contributed by atoms with van der Waals surface area (Å²) >= 11 is 0. The lowest BCUT2D eigenvalue weighted by Crippen LogP contribution is -2.38. The summed E-state index contributed by atoms with van der Waals surface area (Å²) < 4.78 is 10.5. The normalized spacial score (nSPS) is 25.8. The summed E-state index contributed by atoms with van der Waals surface area (Å²) in [5.74, 6) is -0.0925. The number of ether oxygens (including phenoxy) is 2. The number of carbonyl (C=O) groups excluding carboxylic acids is 1.